The van der Waals surface area contributed by atoms with Gasteiger partial charge in [0.05, 0.1) is 17.1 Å². The Morgan fingerprint density at radius 1 is 1.92 bits per heavy atom. The molecule has 0 aliphatic rings. The van der Waals surface area contributed by atoms with Crippen molar-refractivity contribution in [3.05, 3.63) is 18.0 Å². The van der Waals surface area contributed by atoms with Crippen LogP contribution in [0.2, 0.25) is 0 Å². The number of carbonyl (C=O) groups excluding carboxylic acids is 1. The summed E-state index contributed by atoms with van der Waals surface area (Å²) in [5.74, 6) is -0.0235. The van der Waals surface area contributed by atoms with Crippen molar-refractivity contribution < 1.29 is 4.79 Å². The SMILES string of the molecule is CC(Br)C(=O)NCc1ccn[nH]1. The molecule has 66 valence electrons. The van der Waals surface area contributed by atoms with Crippen molar-refractivity contribution in [3.8, 4) is 0 Å². The first-order valence-electron chi connectivity index (χ1n) is 3.60. The van der Waals surface area contributed by atoms with Crippen LogP contribution in [-0.4, -0.2) is 20.9 Å². The molecule has 0 aliphatic carbocycles. The summed E-state index contributed by atoms with van der Waals surface area (Å²) >= 11 is 3.17. The highest BCUT2D eigenvalue weighted by atomic mass is 79.9. The van der Waals surface area contributed by atoms with Gasteiger partial charge in [0, 0.05) is 6.20 Å². The Morgan fingerprint density at radius 3 is 3.17 bits per heavy atom. The molecule has 0 spiro atoms. The number of aromatic amines is 1. The van der Waals surface area contributed by atoms with E-state index < -0.39 is 0 Å². The Bertz CT molecular complexity index is 245. The minimum Gasteiger partial charge on any atom is -0.350 e. The Hall–Kier alpha value is -0.840. The van der Waals surface area contributed by atoms with Crippen LogP contribution < -0.4 is 5.32 Å². The number of hydrogen-bond donors (Lipinski definition) is 2. The van der Waals surface area contributed by atoms with Gasteiger partial charge in [-0.25, -0.2) is 0 Å². The van der Waals surface area contributed by atoms with Crippen LogP contribution in [0.3, 0.4) is 0 Å². The van der Waals surface area contributed by atoms with E-state index in [-0.39, 0.29) is 10.7 Å². The summed E-state index contributed by atoms with van der Waals surface area (Å²) in [6, 6.07) is 1.82. The molecule has 1 heterocycles. The van der Waals surface area contributed by atoms with Gasteiger partial charge in [-0.05, 0) is 13.0 Å². The van der Waals surface area contributed by atoms with E-state index in [0.29, 0.717) is 6.54 Å². The van der Waals surface area contributed by atoms with Gasteiger partial charge in [0.1, 0.15) is 0 Å². The molecule has 0 fully saturated rings. The molecule has 5 heteroatoms. The van der Waals surface area contributed by atoms with Crippen LogP contribution in [0.5, 0.6) is 0 Å². The van der Waals surface area contributed by atoms with Crippen molar-refractivity contribution in [2.45, 2.75) is 18.3 Å². The number of rotatable bonds is 3. The van der Waals surface area contributed by atoms with Crippen molar-refractivity contribution in [2.24, 2.45) is 0 Å². The minimum atomic E-state index is -0.152. The predicted molar refractivity (Wildman–Crippen MR) is 48.8 cm³/mol. The minimum absolute atomic E-state index is 0.0235. The zero-order valence-corrected chi connectivity index (χ0v) is 8.26. The molecular formula is C7H10BrN3O. The topological polar surface area (TPSA) is 57.8 Å². The Morgan fingerprint density at radius 2 is 2.67 bits per heavy atom. The molecular weight excluding hydrogens is 222 g/mol. The van der Waals surface area contributed by atoms with Crippen LogP contribution >= 0.6 is 15.9 Å². The quantitative estimate of drug-likeness (QED) is 0.757. The molecule has 0 saturated heterocycles. The van der Waals surface area contributed by atoms with E-state index in [1.54, 1.807) is 13.1 Å². The van der Waals surface area contributed by atoms with Crippen molar-refractivity contribution in [1.29, 1.82) is 0 Å². The van der Waals surface area contributed by atoms with E-state index in [1.807, 2.05) is 6.07 Å². The molecule has 0 aromatic carbocycles. The van der Waals surface area contributed by atoms with Gasteiger partial charge in [-0.1, -0.05) is 15.9 Å². The fraction of sp³-hybridized carbons (Fsp3) is 0.429. The predicted octanol–water partition coefficient (Wildman–Crippen LogP) is 0.809. The molecule has 0 bridgehead atoms. The number of alkyl halides is 1. The summed E-state index contributed by atoms with van der Waals surface area (Å²) in [6.07, 6.45) is 1.65. The van der Waals surface area contributed by atoms with Gasteiger partial charge >= 0.3 is 0 Å². The summed E-state index contributed by atoms with van der Waals surface area (Å²) in [4.78, 5) is 10.9. The van der Waals surface area contributed by atoms with Gasteiger partial charge in [-0.2, -0.15) is 5.10 Å². The number of nitrogens with zero attached hydrogens (tertiary/aromatic N) is 1. The number of halogens is 1. The van der Waals surface area contributed by atoms with Crippen LogP contribution in [0.4, 0.5) is 0 Å². The third-order valence-corrected chi connectivity index (χ3v) is 1.79. The zero-order valence-electron chi connectivity index (χ0n) is 6.67. The molecule has 1 unspecified atom stereocenters. The van der Waals surface area contributed by atoms with Crippen LogP contribution in [0.1, 0.15) is 12.6 Å². The van der Waals surface area contributed by atoms with Crippen molar-refractivity contribution >= 4 is 21.8 Å². The second-order valence-corrected chi connectivity index (χ2v) is 3.79. The molecule has 1 amide bonds. The van der Waals surface area contributed by atoms with E-state index in [9.17, 15) is 4.79 Å². The summed E-state index contributed by atoms with van der Waals surface area (Å²) in [6.45, 7) is 2.27. The van der Waals surface area contributed by atoms with Crippen LogP contribution in [0, 0.1) is 0 Å². The van der Waals surface area contributed by atoms with E-state index in [2.05, 4.69) is 31.4 Å². The lowest BCUT2D eigenvalue weighted by molar-refractivity contribution is -0.120. The van der Waals surface area contributed by atoms with Crippen molar-refractivity contribution in [3.63, 3.8) is 0 Å². The Kier molecular flexibility index (Phi) is 3.28. The number of hydrogen-bond acceptors (Lipinski definition) is 2. The second kappa shape index (κ2) is 4.25. The smallest absolute Gasteiger partial charge is 0.233 e. The number of nitrogens with one attached hydrogen (secondary N) is 2. The number of H-pyrrole nitrogens is 1. The maximum atomic E-state index is 11.0. The summed E-state index contributed by atoms with van der Waals surface area (Å²) in [7, 11) is 0. The third kappa shape index (κ3) is 2.65. The largest absolute Gasteiger partial charge is 0.350 e. The van der Waals surface area contributed by atoms with E-state index in [1.165, 1.54) is 0 Å². The van der Waals surface area contributed by atoms with Gasteiger partial charge in [0.25, 0.3) is 0 Å². The fourth-order valence-corrected chi connectivity index (χ4v) is 0.868. The monoisotopic (exact) mass is 231 g/mol. The lowest BCUT2D eigenvalue weighted by Gasteiger charge is -2.03. The molecule has 2 N–H and O–H groups in total. The first-order valence-corrected chi connectivity index (χ1v) is 4.51. The molecule has 4 nitrogen and oxygen atoms in total. The molecule has 0 radical (unpaired) electrons. The van der Waals surface area contributed by atoms with Crippen molar-refractivity contribution in [1.82, 2.24) is 15.5 Å². The van der Waals surface area contributed by atoms with Gasteiger partial charge in [0.2, 0.25) is 5.91 Å². The van der Waals surface area contributed by atoms with Crippen LogP contribution in [-0.2, 0) is 11.3 Å². The van der Waals surface area contributed by atoms with Gasteiger partial charge in [-0.3, -0.25) is 9.89 Å². The van der Waals surface area contributed by atoms with Crippen molar-refractivity contribution in [2.75, 3.05) is 0 Å². The highest BCUT2D eigenvalue weighted by Crippen LogP contribution is 1.97. The average Bonchev–Trinajstić information content (AvgIpc) is 2.51. The van der Waals surface area contributed by atoms with Crippen LogP contribution in [0.25, 0.3) is 0 Å². The van der Waals surface area contributed by atoms with E-state index in [4.69, 9.17) is 0 Å². The highest BCUT2D eigenvalue weighted by molar-refractivity contribution is 9.10. The van der Waals surface area contributed by atoms with Gasteiger partial charge in [0.15, 0.2) is 0 Å². The summed E-state index contributed by atoms with van der Waals surface area (Å²) in [5.41, 5.74) is 0.900. The molecule has 1 atom stereocenters. The normalized spacial score (nSPS) is 12.5. The Balaban J connectivity index is 2.32. The summed E-state index contributed by atoms with van der Waals surface area (Å²) < 4.78 is 0. The maximum absolute atomic E-state index is 11.0. The third-order valence-electron chi connectivity index (χ3n) is 1.37. The lowest BCUT2D eigenvalue weighted by atomic mass is 10.4. The number of carbonyl (C=O) groups is 1. The van der Waals surface area contributed by atoms with E-state index in [0.717, 1.165) is 5.69 Å². The molecule has 1 aromatic rings. The van der Waals surface area contributed by atoms with Crippen LogP contribution in [0.15, 0.2) is 12.3 Å². The first kappa shape index (κ1) is 9.25. The van der Waals surface area contributed by atoms with Gasteiger partial charge < -0.3 is 5.32 Å². The maximum Gasteiger partial charge on any atom is 0.233 e. The molecule has 1 rings (SSSR count). The number of amides is 1. The fourth-order valence-electron chi connectivity index (χ4n) is 0.706. The first-order chi connectivity index (χ1) is 5.70. The summed E-state index contributed by atoms with van der Waals surface area (Å²) in [5, 5.41) is 9.24. The molecule has 0 saturated carbocycles. The molecule has 12 heavy (non-hydrogen) atoms. The molecule has 0 aliphatic heterocycles. The average molecular weight is 232 g/mol. The van der Waals surface area contributed by atoms with Gasteiger partial charge in [-0.15, -0.1) is 0 Å². The lowest BCUT2D eigenvalue weighted by Crippen LogP contribution is -2.28. The van der Waals surface area contributed by atoms with E-state index >= 15 is 0 Å². The Labute approximate surface area is 78.9 Å². The number of aromatic nitrogens is 2. The highest BCUT2D eigenvalue weighted by Gasteiger charge is 2.07. The molecule has 1 aromatic heterocycles. The second-order valence-electron chi connectivity index (χ2n) is 2.42. The zero-order chi connectivity index (χ0) is 8.97. The standard InChI is InChI=1S/C7H10BrN3O/c1-5(8)7(12)9-4-6-2-3-10-11-6/h2-3,5H,4H2,1H3,(H,9,12)(H,10,11).